The Kier molecular flexibility index (Phi) is 9.18. The molecule has 0 unspecified atom stereocenters. The van der Waals surface area contributed by atoms with Crippen molar-refractivity contribution >= 4 is 85.4 Å². The fourth-order valence-electron chi connectivity index (χ4n) is 2.55. The molecule has 0 spiro atoms. The van der Waals surface area contributed by atoms with Crippen LogP contribution in [-0.4, -0.2) is 36.2 Å². The SMILES string of the molecule is CCc1cnn2c(Cl)cc(Cl)nc12.CCc1cnn2c1NC(=O)CC2=O.O=P(Cl)(Cl)Cl. The average Bonchev–Trinajstić information content (AvgIpc) is 3.24. The number of anilines is 1. The van der Waals surface area contributed by atoms with Gasteiger partial charge < -0.3 is 5.32 Å². The molecule has 0 saturated heterocycles. The van der Waals surface area contributed by atoms with Gasteiger partial charge in [0, 0.05) is 17.2 Å². The predicted octanol–water partition coefficient (Wildman–Crippen LogP) is 5.84. The number of aryl methyl sites for hydroxylation is 2. The van der Waals surface area contributed by atoms with Crippen LogP contribution >= 0.6 is 62.1 Å². The minimum Gasteiger partial charge on any atom is -0.310 e. The number of hydrogen-bond acceptors (Lipinski definition) is 6. The van der Waals surface area contributed by atoms with Crippen LogP contribution in [0.2, 0.25) is 10.3 Å². The minimum absolute atomic E-state index is 0.113. The van der Waals surface area contributed by atoms with Crippen molar-refractivity contribution in [1.29, 1.82) is 0 Å². The molecule has 15 heteroatoms. The highest BCUT2D eigenvalue weighted by Gasteiger charge is 2.24. The van der Waals surface area contributed by atoms with Crippen molar-refractivity contribution in [1.82, 2.24) is 24.4 Å². The Morgan fingerprint density at radius 1 is 1.06 bits per heavy atom. The van der Waals surface area contributed by atoms with E-state index in [2.05, 4.69) is 54.2 Å². The average molecular weight is 549 g/mol. The van der Waals surface area contributed by atoms with Crippen molar-refractivity contribution in [2.24, 2.45) is 0 Å². The van der Waals surface area contributed by atoms with Gasteiger partial charge in [0.25, 0.3) is 5.91 Å². The van der Waals surface area contributed by atoms with Crippen LogP contribution in [0.1, 0.15) is 36.2 Å². The van der Waals surface area contributed by atoms with Crippen molar-refractivity contribution < 1.29 is 14.2 Å². The summed E-state index contributed by atoms with van der Waals surface area (Å²) in [5.74, 6) is 0.00917. The number of carbonyl (C=O) groups excluding carboxylic acids is 2. The number of nitrogens with one attached hydrogen (secondary N) is 1. The van der Waals surface area contributed by atoms with E-state index >= 15 is 0 Å². The van der Waals surface area contributed by atoms with Crippen molar-refractivity contribution in [2.45, 2.75) is 33.1 Å². The summed E-state index contributed by atoms with van der Waals surface area (Å²) in [4.78, 5) is 26.4. The molecular formula is C16H16Cl5N6O3P. The topological polar surface area (TPSA) is 111 Å². The van der Waals surface area contributed by atoms with Crippen LogP contribution in [0, 0.1) is 0 Å². The zero-order chi connectivity index (χ0) is 23.3. The molecule has 0 atom stereocenters. The molecule has 9 nitrogen and oxygen atoms in total. The second-order valence-electron chi connectivity index (χ2n) is 5.96. The van der Waals surface area contributed by atoms with Gasteiger partial charge in [0.1, 0.15) is 22.5 Å². The van der Waals surface area contributed by atoms with Crippen LogP contribution in [0.5, 0.6) is 0 Å². The molecular weight excluding hydrogens is 532 g/mol. The monoisotopic (exact) mass is 546 g/mol. The zero-order valence-electron chi connectivity index (χ0n) is 16.2. The Bertz CT molecular complexity index is 1150. The fourth-order valence-corrected chi connectivity index (χ4v) is 3.01. The lowest BCUT2D eigenvalue weighted by atomic mass is 10.2. The fraction of sp³-hybridized carbons (Fsp3) is 0.312. The Balaban J connectivity index is 0.000000182. The number of aromatic nitrogens is 5. The summed E-state index contributed by atoms with van der Waals surface area (Å²) in [6.45, 7) is 3.98. The number of amides is 1. The molecule has 0 bridgehead atoms. The summed E-state index contributed by atoms with van der Waals surface area (Å²) in [6.07, 6.45) is 4.87. The third-order valence-electron chi connectivity index (χ3n) is 3.88. The summed E-state index contributed by atoms with van der Waals surface area (Å²) < 4.78 is 12.3. The van der Waals surface area contributed by atoms with E-state index in [9.17, 15) is 14.2 Å². The maximum absolute atomic E-state index is 11.3. The van der Waals surface area contributed by atoms with Crippen molar-refractivity contribution in [3.8, 4) is 0 Å². The van der Waals surface area contributed by atoms with Crippen LogP contribution in [0.15, 0.2) is 18.5 Å². The molecule has 4 rings (SSSR count). The first-order valence-corrected chi connectivity index (χ1v) is 13.9. The third kappa shape index (κ3) is 7.34. The second-order valence-corrected chi connectivity index (χ2v) is 13.4. The zero-order valence-corrected chi connectivity index (χ0v) is 20.8. The van der Waals surface area contributed by atoms with Crippen LogP contribution in [-0.2, 0) is 22.2 Å². The first-order chi connectivity index (χ1) is 14.4. The van der Waals surface area contributed by atoms with Crippen molar-refractivity contribution in [2.75, 3.05) is 5.32 Å². The molecule has 1 N–H and O–H groups in total. The molecule has 3 aromatic rings. The molecule has 168 valence electrons. The van der Waals surface area contributed by atoms with Gasteiger partial charge in [0.05, 0.1) is 12.4 Å². The Labute approximate surface area is 201 Å². The molecule has 31 heavy (non-hydrogen) atoms. The number of fused-ring (bicyclic) bond motifs is 2. The van der Waals surface area contributed by atoms with Crippen molar-refractivity contribution in [3.63, 3.8) is 0 Å². The number of rotatable bonds is 2. The maximum atomic E-state index is 11.3. The predicted molar refractivity (Wildman–Crippen MR) is 123 cm³/mol. The first-order valence-electron chi connectivity index (χ1n) is 8.72. The van der Waals surface area contributed by atoms with E-state index in [0.29, 0.717) is 16.1 Å². The number of halogens is 5. The van der Waals surface area contributed by atoms with Crippen LogP contribution in [0.3, 0.4) is 0 Å². The third-order valence-corrected chi connectivity index (χ3v) is 4.35. The molecule has 0 radical (unpaired) electrons. The molecule has 0 aliphatic carbocycles. The lowest BCUT2D eigenvalue weighted by molar-refractivity contribution is -0.115. The van der Waals surface area contributed by atoms with Gasteiger partial charge in [-0.2, -0.15) is 14.9 Å². The van der Waals surface area contributed by atoms with E-state index in [4.69, 9.17) is 23.2 Å². The van der Waals surface area contributed by atoms with Crippen molar-refractivity contribution in [3.05, 3.63) is 39.9 Å². The van der Waals surface area contributed by atoms with E-state index in [1.807, 2.05) is 13.8 Å². The smallest absolute Gasteiger partial charge is 0.310 e. The van der Waals surface area contributed by atoms with E-state index in [1.54, 1.807) is 23.0 Å². The van der Waals surface area contributed by atoms with Gasteiger partial charge in [-0.15, -0.1) is 0 Å². The molecule has 0 fully saturated rings. The summed E-state index contributed by atoms with van der Waals surface area (Å²) in [5.41, 5.74) is 2.67. The number of carbonyl (C=O) groups is 2. The van der Waals surface area contributed by atoms with E-state index < -0.39 is 5.20 Å². The maximum Gasteiger partial charge on any atom is 0.339 e. The van der Waals surface area contributed by atoms with Gasteiger partial charge in [-0.25, -0.2) is 9.50 Å². The van der Waals surface area contributed by atoms with Gasteiger partial charge in [0.15, 0.2) is 5.65 Å². The Morgan fingerprint density at radius 3 is 2.23 bits per heavy atom. The molecule has 0 aromatic carbocycles. The highest BCUT2D eigenvalue weighted by atomic mass is 36.0. The summed E-state index contributed by atoms with van der Waals surface area (Å²) >= 11 is 25.5. The van der Waals surface area contributed by atoms with Crippen LogP contribution < -0.4 is 5.32 Å². The molecule has 1 aliphatic rings. The normalized spacial score (nSPS) is 13.0. The molecule has 4 heterocycles. The summed E-state index contributed by atoms with van der Waals surface area (Å²) in [5, 5.41) is 8.27. The lowest BCUT2D eigenvalue weighted by Gasteiger charge is -2.13. The van der Waals surface area contributed by atoms with Gasteiger partial charge in [-0.3, -0.25) is 14.2 Å². The quantitative estimate of drug-likeness (QED) is 0.245. The standard InChI is InChI=1S/C8H7Cl2N3.C8H9N3O2.Cl3OP/c1-2-5-4-11-13-7(10)3-6(9)12-8(5)13;1-2-5-4-9-11-7(13)3-6(12)10-8(5)11;1-5(2,3)4/h3-4H,2H2,1H3;4H,2-3H2,1H3,(H,10,12);. The molecule has 1 amide bonds. The van der Waals surface area contributed by atoms with Crippen LogP contribution in [0.25, 0.3) is 5.65 Å². The molecule has 3 aromatic heterocycles. The van der Waals surface area contributed by atoms with E-state index in [0.717, 1.165) is 29.6 Å². The van der Waals surface area contributed by atoms with Gasteiger partial charge in [-0.1, -0.05) is 37.0 Å². The lowest BCUT2D eigenvalue weighted by Crippen LogP contribution is -2.30. The molecule has 0 saturated carbocycles. The largest absolute Gasteiger partial charge is 0.339 e. The van der Waals surface area contributed by atoms with Gasteiger partial charge in [0.2, 0.25) is 5.91 Å². The number of nitrogens with zero attached hydrogens (tertiary/aromatic N) is 5. The second kappa shape index (κ2) is 11.0. The highest BCUT2D eigenvalue weighted by Crippen LogP contribution is 2.61. The minimum atomic E-state index is -3.22. The van der Waals surface area contributed by atoms with E-state index in [1.165, 1.54) is 4.68 Å². The van der Waals surface area contributed by atoms with E-state index in [-0.39, 0.29) is 18.2 Å². The Hall–Kier alpha value is -1.35. The highest BCUT2D eigenvalue weighted by molar-refractivity contribution is 8.24. The summed E-state index contributed by atoms with van der Waals surface area (Å²) in [6, 6.07) is 1.57. The Morgan fingerprint density at radius 2 is 1.65 bits per heavy atom. The van der Waals surface area contributed by atoms with Gasteiger partial charge in [-0.05, 0) is 46.6 Å². The first kappa shape index (κ1) is 25.9. The van der Waals surface area contributed by atoms with Gasteiger partial charge >= 0.3 is 5.20 Å². The molecule has 1 aliphatic heterocycles. The number of hydrogen-bond donors (Lipinski definition) is 1. The van der Waals surface area contributed by atoms with Crippen LogP contribution in [0.4, 0.5) is 5.82 Å². The summed E-state index contributed by atoms with van der Waals surface area (Å²) in [7, 11) is 0.